The number of fused-ring (bicyclic) bond motifs is 5. The van der Waals surface area contributed by atoms with Gasteiger partial charge in [0.2, 0.25) is 5.91 Å². The summed E-state index contributed by atoms with van der Waals surface area (Å²) in [6, 6.07) is 15.2. The number of carbonyl (C=O) groups is 1. The molecule has 5 aromatic rings. The van der Waals surface area contributed by atoms with Crippen LogP contribution in [0.25, 0.3) is 44.2 Å². The van der Waals surface area contributed by atoms with E-state index in [1.54, 1.807) is 29.2 Å². The maximum Gasteiger partial charge on any atom is 0.244 e. The lowest BCUT2D eigenvalue weighted by Crippen LogP contribution is -2.58. The fourth-order valence-electron chi connectivity index (χ4n) is 7.30. The minimum atomic E-state index is -0.535. The van der Waals surface area contributed by atoms with Gasteiger partial charge in [-0.25, -0.2) is 14.4 Å². The van der Waals surface area contributed by atoms with E-state index < -0.39 is 5.82 Å². The van der Waals surface area contributed by atoms with Crippen LogP contribution in [-0.2, 0) is 18.3 Å². The summed E-state index contributed by atoms with van der Waals surface area (Å²) >= 11 is 0. The number of anilines is 2. The van der Waals surface area contributed by atoms with Crippen LogP contribution in [0.15, 0.2) is 55.0 Å². The Hall–Kier alpha value is -5.01. The molecule has 3 atom stereocenters. The molecule has 3 aromatic carbocycles. The van der Waals surface area contributed by atoms with Crippen molar-refractivity contribution < 1.29 is 14.3 Å². The smallest absolute Gasteiger partial charge is 0.244 e. The van der Waals surface area contributed by atoms with Crippen molar-refractivity contribution in [2.24, 2.45) is 13.0 Å². The number of benzene rings is 3. The maximum atomic E-state index is 17.3. The molecular formula is C33H28FN7O2. The van der Waals surface area contributed by atoms with Gasteiger partial charge in [-0.2, -0.15) is 5.26 Å². The zero-order valence-corrected chi connectivity index (χ0v) is 23.4. The number of carbonyl (C=O) groups excluding carboxylic acids is 1. The Morgan fingerprint density at radius 2 is 2.07 bits per heavy atom. The van der Waals surface area contributed by atoms with Gasteiger partial charge in [0, 0.05) is 49.2 Å². The second kappa shape index (κ2) is 9.51. The molecule has 0 radical (unpaired) electrons. The summed E-state index contributed by atoms with van der Waals surface area (Å²) in [5.41, 5.74) is 3.82. The molecule has 1 saturated carbocycles. The minimum Gasteiger partial charge on any atom is -0.508 e. The number of rotatable bonds is 5. The fraction of sp³-hybridized carbons (Fsp3) is 0.273. The third-order valence-corrected chi connectivity index (χ3v) is 9.16. The summed E-state index contributed by atoms with van der Waals surface area (Å²) in [4.78, 5) is 24.7. The number of aromatic nitrogens is 3. The second-order valence-corrected chi connectivity index (χ2v) is 11.8. The third-order valence-electron chi connectivity index (χ3n) is 9.16. The predicted octanol–water partition coefficient (Wildman–Crippen LogP) is 4.88. The lowest BCUT2D eigenvalue weighted by Gasteiger charge is -2.47. The van der Waals surface area contributed by atoms with Crippen LogP contribution in [0.5, 0.6) is 5.75 Å². The highest BCUT2D eigenvalue weighted by Crippen LogP contribution is 2.50. The van der Waals surface area contributed by atoms with Crippen LogP contribution in [0.2, 0.25) is 0 Å². The number of nitrogens with zero attached hydrogens (tertiary/aromatic N) is 5. The zero-order valence-electron chi connectivity index (χ0n) is 23.4. The number of nitriles is 1. The van der Waals surface area contributed by atoms with Crippen molar-refractivity contribution in [3.63, 3.8) is 0 Å². The standard InChI is InChI=1S/C33H28FN7O2/c1-40-14-25(37-16-40)30-31-33(41(15-26(43)38-31)32-19-11-24(32)36-13-19)23-10-18(6-4-8-35)27(28(34)29(23)39-30)22-12-20(42)9-17-5-2-3-7-21(17)22/h2-3,5,7,9-10,12,14,16,19,24,32,36,42H,4,6,11,13,15H2,1H3,(H,38,43). The SMILES string of the molecule is Cn1cnc(-c2nc3c(F)c(-c4cc(O)cc5ccccc45)c(CCC#N)cc3c3c2NC(=O)CN3C2C3CNC2C3)c1. The van der Waals surface area contributed by atoms with Gasteiger partial charge in [0.15, 0.2) is 5.82 Å². The number of aromatic hydroxyl groups is 1. The van der Waals surface area contributed by atoms with E-state index in [0.29, 0.717) is 51.5 Å². The van der Waals surface area contributed by atoms with Crippen molar-refractivity contribution in [1.82, 2.24) is 19.9 Å². The number of imidazole rings is 1. The Morgan fingerprint density at radius 1 is 1.21 bits per heavy atom. The molecular weight excluding hydrogens is 545 g/mol. The number of pyridine rings is 1. The van der Waals surface area contributed by atoms with Crippen LogP contribution in [0, 0.1) is 23.1 Å². The number of phenols is 1. The highest BCUT2D eigenvalue weighted by Gasteiger charge is 2.51. The number of amides is 1. The Bertz CT molecular complexity index is 2020. The summed E-state index contributed by atoms with van der Waals surface area (Å²) in [7, 11) is 1.85. The van der Waals surface area contributed by atoms with E-state index in [1.807, 2.05) is 37.4 Å². The van der Waals surface area contributed by atoms with Crippen LogP contribution in [0.1, 0.15) is 18.4 Å². The molecule has 2 bridgehead atoms. The van der Waals surface area contributed by atoms with E-state index in [9.17, 15) is 15.2 Å². The normalized spacial score (nSPS) is 20.6. The molecule has 10 heteroatoms. The first-order valence-electron chi connectivity index (χ1n) is 14.5. The van der Waals surface area contributed by atoms with Gasteiger partial charge in [-0.05, 0) is 58.9 Å². The molecule has 3 fully saturated rings. The minimum absolute atomic E-state index is 0.0221. The Balaban J connectivity index is 1.47. The summed E-state index contributed by atoms with van der Waals surface area (Å²) < 4.78 is 19.1. The van der Waals surface area contributed by atoms with Crippen LogP contribution in [-0.4, -0.2) is 50.7 Å². The van der Waals surface area contributed by atoms with Crippen molar-refractivity contribution in [1.29, 1.82) is 5.26 Å². The lowest BCUT2D eigenvalue weighted by molar-refractivity contribution is -0.115. The Labute approximate surface area is 246 Å². The van der Waals surface area contributed by atoms with Gasteiger partial charge < -0.3 is 25.2 Å². The van der Waals surface area contributed by atoms with Crippen molar-refractivity contribution in [2.45, 2.75) is 31.3 Å². The van der Waals surface area contributed by atoms with Crippen molar-refractivity contribution in [2.75, 3.05) is 23.3 Å². The van der Waals surface area contributed by atoms with Gasteiger partial charge in [0.1, 0.15) is 22.7 Å². The van der Waals surface area contributed by atoms with Gasteiger partial charge in [-0.1, -0.05) is 24.3 Å². The van der Waals surface area contributed by atoms with Crippen molar-refractivity contribution >= 4 is 39.0 Å². The van der Waals surface area contributed by atoms with E-state index in [0.717, 1.165) is 29.4 Å². The molecule has 1 amide bonds. The molecule has 1 aliphatic carbocycles. The molecule has 2 saturated heterocycles. The number of nitrogens with one attached hydrogen (secondary N) is 2. The predicted molar refractivity (Wildman–Crippen MR) is 162 cm³/mol. The topological polar surface area (TPSA) is 119 Å². The van der Waals surface area contributed by atoms with E-state index in [4.69, 9.17) is 4.98 Å². The average Bonchev–Trinajstić information content (AvgIpc) is 3.74. The van der Waals surface area contributed by atoms with Gasteiger partial charge in [0.05, 0.1) is 30.3 Å². The molecule has 43 heavy (non-hydrogen) atoms. The number of aryl methyl sites for hydroxylation is 2. The van der Waals surface area contributed by atoms with E-state index in [2.05, 4.69) is 26.6 Å². The highest BCUT2D eigenvalue weighted by atomic mass is 19.1. The second-order valence-electron chi connectivity index (χ2n) is 11.8. The number of hydrogen-bond acceptors (Lipinski definition) is 7. The van der Waals surface area contributed by atoms with E-state index in [1.165, 1.54) is 0 Å². The van der Waals surface area contributed by atoms with Gasteiger partial charge in [0.25, 0.3) is 0 Å². The van der Waals surface area contributed by atoms with Gasteiger partial charge >= 0.3 is 0 Å². The monoisotopic (exact) mass is 573 g/mol. The molecule has 3 unspecified atom stereocenters. The summed E-state index contributed by atoms with van der Waals surface area (Å²) in [5.74, 6) is -0.266. The van der Waals surface area contributed by atoms with Crippen LogP contribution in [0.4, 0.5) is 15.8 Å². The van der Waals surface area contributed by atoms with E-state index in [-0.39, 0.29) is 42.2 Å². The molecule has 0 spiro atoms. The molecule has 3 N–H and O–H groups in total. The third kappa shape index (κ3) is 3.88. The number of phenolic OH excluding ortho intramolecular Hbond substituents is 1. The maximum absolute atomic E-state index is 17.3. The number of halogens is 1. The summed E-state index contributed by atoms with van der Waals surface area (Å²) in [6.45, 7) is 1.04. The molecule has 9 rings (SSSR count). The van der Waals surface area contributed by atoms with Gasteiger partial charge in [-0.15, -0.1) is 0 Å². The molecule has 4 aliphatic rings. The first-order valence-corrected chi connectivity index (χ1v) is 14.5. The quantitative estimate of drug-likeness (QED) is 0.274. The van der Waals surface area contributed by atoms with Crippen molar-refractivity contribution in [3.05, 3.63) is 66.4 Å². The molecule has 3 aliphatic heterocycles. The highest BCUT2D eigenvalue weighted by molar-refractivity contribution is 6.14. The molecule has 9 nitrogen and oxygen atoms in total. The first-order chi connectivity index (χ1) is 20.9. The summed E-state index contributed by atoms with van der Waals surface area (Å²) in [5, 5.41) is 28.9. The first kappa shape index (κ1) is 25.7. The lowest BCUT2D eigenvalue weighted by atomic mass is 9.78. The Morgan fingerprint density at radius 3 is 2.81 bits per heavy atom. The fourth-order valence-corrected chi connectivity index (χ4v) is 7.30. The average molecular weight is 574 g/mol. The van der Waals surface area contributed by atoms with Crippen LogP contribution in [0.3, 0.4) is 0 Å². The van der Waals surface area contributed by atoms with Crippen molar-refractivity contribution in [3.8, 4) is 34.3 Å². The van der Waals surface area contributed by atoms with E-state index >= 15 is 4.39 Å². The molecule has 5 heterocycles. The summed E-state index contributed by atoms with van der Waals surface area (Å²) in [6.07, 6.45) is 5.00. The number of hydrogen-bond donors (Lipinski definition) is 3. The molecule has 214 valence electrons. The Kier molecular flexibility index (Phi) is 5.68. The van der Waals surface area contributed by atoms with Crippen LogP contribution >= 0.6 is 0 Å². The van der Waals surface area contributed by atoms with Gasteiger partial charge in [-0.3, -0.25) is 4.79 Å². The zero-order chi connectivity index (χ0) is 29.4. The molecule has 2 aromatic heterocycles. The van der Waals surface area contributed by atoms with Crippen LogP contribution < -0.4 is 15.5 Å². The largest absolute Gasteiger partial charge is 0.508 e.